The summed E-state index contributed by atoms with van der Waals surface area (Å²) in [4.78, 5) is 51.2. The Morgan fingerprint density at radius 1 is 1.16 bits per heavy atom. The van der Waals surface area contributed by atoms with Crippen LogP contribution in [0.5, 0.6) is 5.75 Å². The van der Waals surface area contributed by atoms with Gasteiger partial charge in [-0.05, 0) is 71.6 Å². The number of phenolic OH excluding ortho intramolecular Hbond substituents is 1. The predicted molar refractivity (Wildman–Crippen MR) is 118 cm³/mol. The van der Waals surface area contributed by atoms with Gasteiger partial charge in [0.05, 0.1) is 6.04 Å². The van der Waals surface area contributed by atoms with E-state index in [1.54, 1.807) is 32.9 Å². The highest BCUT2D eigenvalue weighted by atomic mass is 16.6. The fourth-order valence-electron chi connectivity index (χ4n) is 3.41. The molecule has 0 bridgehead atoms. The van der Waals surface area contributed by atoms with E-state index in [2.05, 4.69) is 10.6 Å². The first-order chi connectivity index (χ1) is 14.9. The number of likely N-dealkylation sites (tertiary alicyclic amines) is 1. The molecule has 3 N–H and O–H groups in total. The number of benzene rings is 1. The molecule has 1 aromatic carbocycles. The number of aromatic hydroxyl groups is 1. The summed E-state index contributed by atoms with van der Waals surface area (Å²) in [5.41, 5.74) is 0.103. The van der Waals surface area contributed by atoms with Crippen molar-refractivity contribution in [3.63, 3.8) is 0 Å². The van der Waals surface area contributed by atoms with Crippen LogP contribution in [0, 0.1) is 0 Å². The van der Waals surface area contributed by atoms with Crippen molar-refractivity contribution in [3.8, 4) is 5.75 Å². The molecule has 9 heteroatoms. The van der Waals surface area contributed by atoms with Gasteiger partial charge in [-0.15, -0.1) is 0 Å². The molecule has 176 valence electrons. The van der Waals surface area contributed by atoms with Crippen molar-refractivity contribution < 1.29 is 29.0 Å². The zero-order valence-electron chi connectivity index (χ0n) is 19.3. The molecule has 3 amide bonds. The fourth-order valence-corrected chi connectivity index (χ4v) is 3.41. The maximum atomic E-state index is 12.8. The number of Topliss-reactive ketones (excluding diaryl/α,β-unsaturated/α-hetero) is 1. The van der Waals surface area contributed by atoms with Crippen LogP contribution in [-0.4, -0.2) is 64.0 Å². The van der Waals surface area contributed by atoms with Crippen molar-refractivity contribution in [2.45, 2.75) is 77.6 Å². The van der Waals surface area contributed by atoms with Gasteiger partial charge in [0.15, 0.2) is 5.78 Å². The number of ether oxygens (including phenoxy) is 1. The van der Waals surface area contributed by atoms with Gasteiger partial charge < -0.3 is 20.5 Å². The molecule has 1 saturated heterocycles. The molecule has 1 heterocycles. The summed E-state index contributed by atoms with van der Waals surface area (Å²) in [6.45, 7) is 8.58. The molecule has 3 atom stereocenters. The Balaban J connectivity index is 1.96. The van der Waals surface area contributed by atoms with E-state index in [0.29, 0.717) is 19.4 Å². The van der Waals surface area contributed by atoms with Crippen LogP contribution in [0.1, 0.15) is 53.0 Å². The summed E-state index contributed by atoms with van der Waals surface area (Å²) in [6.07, 6.45) is 0.849. The minimum absolute atomic E-state index is 0.112. The Bertz CT molecular complexity index is 846. The maximum absolute atomic E-state index is 12.8. The molecule has 1 aromatic rings. The van der Waals surface area contributed by atoms with Gasteiger partial charge in [-0.3, -0.25) is 19.3 Å². The van der Waals surface area contributed by atoms with Gasteiger partial charge in [0.2, 0.25) is 11.8 Å². The third kappa shape index (κ3) is 7.25. The number of carbonyl (C=O) groups is 4. The van der Waals surface area contributed by atoms with Gasteiger partial charge in [-0.25, -0.2) is 4.79 Å². The van der Waals surface area contributed by atoms with Gasteiger partial charge in [0, 0.05) is 6.54 Å². The highest BCUT2D eigenvalue weighted by molar-refractivity contribution is 5.93. The minimum atomic E-state index is -0.898. The largest absolute Gasteiger partial charge is 0.508 e. The molecule has 32 heavy (non-hydrogen) atoms. The zero-order valence-corrected chi connectivity index (χ0v) is 19.3. The van der Waals surface area contributed by atoms with Crippen molar-refractivity contribution in [3.05, 3.63) is 29.8 Å². The lowest BCUT2D eigenvalue weighted by atomic mass is 10.0. The zero-order chi connectivity index (χ0) is 24.1. The van der Waals surface area contributed by atoms with Crippen molar-refractivity contribution in [2.24, 2.45) is 0 Å². The lowest BCUT2D eigenvalue weighted by molar-refractivity contribution is -0.132. The van der Waals surface area contributed by atoms with Crippen LogP contribution in [0.2, 0.25) is 0 Å². The van der Waals surface area contributed by atoms with E-state index in [-0.39, 0.29) is 18.0 Å². The highest BCUT2D eigenvalue weighted by Crippen LogP contribution is 2.21. The van der Waals surface area contributed by atoms with Crippen molar-refractivity contribution in [1.82, 2.24) is 15.5 Å². The molecular weight excluding hydrogens is 414 g/mol. The Morgan fingerprint density at radius 2 is 1.78 bits per heavy atom. The standard InChI is InChI=1S/C23H33N3O6/c1-14(20(29)25-18(15(2)27)13-16-8-10-17(28)11-9-16)24-21(30)19-7-6-12-26(19)22(31)32-23(3,4)5/h8-11,14,18-19,28H,6-7,12-13H2,1-5H3,(H,24,30)(H,25,29). The molecule has 1 aliphatic heterocycles. The molecule has 1 aliphatic rings. The molecule has 2 rings (SSSR count). The van der Waals surface area contributed by atoms with E-state index in [4.69, 9.17) is 4.74 Å². The maximum Gasteiger partial charge on any atom is 0.410 e. The van der Waals surface area contributed by atoms with E-state index >= 15 is 0 Å². The molecular formula is C23H33N3O6. The first kappa shape index (κ1) is 25.2. The van der Waals surface area contributed by atoms with E-state index in [1.165, 1.54) is 30.9 Å². The van der Waals surface area contributed by atoms with Crippen LogP contribution in [0.25, 0.3) is 0 Å². The number of hydrogen-bond donors (Lipinski definition) is 3. The molecule has 9 nitrogen and oxygen atoms in total. The summed E-state index contributed by atoms with van der Waals surface area (Å²) < 4.78 is 5.37. The molecule has 0 radical (unpaired) electrons. The first-order valence-electron chi connectivity index (χ1n) is 10.8. The van der Waals surface area contributed by atoms with Gasteiger partial charge in [-0.1, -0.05) is 12.1 Å². The number of hydrogen-bond acceptors (Lipinski definition) is 6. The summed E-state index contributed by atoms with van der Waals surface area (Å²) in [5.74, 6) is -1.05. The lowest BCUT2D eigenvalue weighted by Crippen LogP contribution is -2.54. The van der Waals surface area contributed by atoms with Gasteiger partial charge in [0.25, 0.3) is 0 Å². The summed E-state index contributed by atoms with van der Waals surface area (Å²) in [7, 11) is 0. The molecule has 1 fully saturated rings. The Hall–Kier alpha value is -3.10. The average molecular weight is 448 g/mol. The van der Waals surface area contributed by atoms with Crippen molar-refractivity contribution >= 4 is 23.7 Å². The number of carbonyl (C=O) groups excluding carboxylic acids is 4. The topological polar surface area (TPSA) is 125 Å². The van der Waals surface area contributed by atoms with Gasteiger partial charge in [-0.2, -0.15) is 0 Å². The van der Waals surface area contributed by atoms with Crippen molar-refractivity contribution in [2.75, 3.05) is 6.54 Å². The fraction of sp³-hybridized carbons (Fsp3) is 0.565. The van der Waals surface area contributed by atoms with Crippen molar-refractivity contribution in [1.29, 1.82) is 0 Å². The van der Waals surface area contributed by atoms with Gasteiger partial charge >= 0.3 is 6.09 Å². The summed E-state index contributed by atoms with van der Waals surface area (Å²) in [6, 6.07) is 3.99. The second-order valence-electron chi connectivity index (χ2n) is 9.10. The van der Waals surface area contributed by atoms with Gasteiger partial charge in [0.1, 0.15) is 23.4 Å². The van der Waals surface area contributed by atoms with E-state index in [1.807, 2.05) is 0 Å². The van der Waals surface area contributed by atoms with E-state index in [9.17, 15) is 24.3 Å². The normalized spacial score (nSPS) is 17.9. The highest BCUT2D eigenvalue weighted by Gasteiger charge is 2.37. The Morgan fingerprint density at radius 3 is 2.34 bits per heavy atom. The number of nitrogens with zero attached hydrogens (tertiary/aromatic N) is 1. The van der Waals surface area contributed by atoms with Crippen LogP contribution in [0.15, 0.2) is 24.3 Å². The Labute approximate surface area is 188 Å². The number of rotatable bonds is 7. The monoisotopic (exact) mass is 447 g/mol. The first-order valence-corrected chi connectivity index (χ1v) is 10.8. The van der Waals surface area contributed by atoms with Crippen LogP contribution < -0.4 is 10.6 Å². The van der Waals surface area contributed by atoms with E-state index < -0.39 is 41.6 Å². The molecule has 0 saturated carbocycles. The minimum Gasteiger partial charge on any atom is -0.508 e. The quantitative estimate of drug-likeness (QED) is 0.586. The SMILES string of the molecule is CC(=O)C(Cc1ccc(O)cc1)NC(=O)C(C)NC(=O)C1CCCN1C(=O)OC(C)(C)C. The number of nitrogens with one attached hydrogen (secondary N) is 2. The molecule has 3 unspecified atom stereocenters. The smallest absolute Gasteiger partial charge is 0.410 e. The van der Waals surface area contributed by atoms with Crippen LogP contribution in [0.4, 0.5) is 4.79 Å². The third-order valence-electron chi connectivity index (χ3n) is 5.12. The lowest BCUT2D eigenvalue weighted by Gasteiger charge is -2.28. The van der Waals surface area contributed by atoms with E-state index in [0.717, 1.165) is 5.56 Å². The molecule has 0 spiro atoms. The number of amides is 3. The number of phenols is 1. The van der Waals surface area contributed by atoms with Crippen LogP contribution in [0.3, 0.4) is 0 Å². The van der Waals surface area contributed by atoms with Crippen LogP contribution in [-0.2, 0) is 25.5 Å². The van der Waals surface area contributed by atoms with Crippen LogP contribution >= 0.6 is 0 Å². The summed E-state index contributed by atoms with van der Waals surface area (Å²) in [5, 5.41) is 14.7. The number of ketones is 1. The second-order valence-corrected chi connectivity index (χ2v) is 9.10. The predicted octanol–water partition coefficient (Wildman–Crippen LogP) is 1.91. The molecule has 0 aliphatic carbocycles. The Kier molecular flexibility index (Phi) is 8.24. The summed E-state index contributed by atoms with van der Waals surface area (Å²) >= 11 is 0. The second kappa shape index (κ2) is 10.5. The molecule has 0 aromatic heterocycles. The third-order valence-corrected chi connectivity index (χ3v) is 5.12. The average Bonchev–Trinajstić information content (AvgIpc) is 3.17.